The van der Waals surface area contributed by atoms with Gasteiger partial charge < -0.3 is 4.90 Å². The van der Waals surface area contributed by atoms with Crippen molar-refractivity contribution < 1.29 is 0 Å². The van der Waals surface area contributed by atoms with Gasteiger partial charge in [-0.25, -0.2) is 0 Å². The number of hydrogen-bond acceptors (Lipinski definition) is 2. The van der Waals surface area contributed by atoms with Gasteiger partial charge >= 0.3 is 0 Å². The summed E-state index contributed by atoms with van der Waals surface area (Å²) in [6, 6.07) is 82.9. The highest BCUT2D eigenvalue weighted by Gasteiger charge is 2.44. The third-order valence-corrected chi connectivity index (χ3v) is 13.2. The predicted octanol–water partition coefficient (Wildman–Crippen LogP) is 15.1. The minimum Gasteiger partial charge on any atom is -0.310 e. The molecule has 11 rings (SSSR count). The van der Waals surface area contributed by atoms with Crippen LogP contribution in [0.5, 0.6) is 0 Å². The summed E-state index contributed by atoms with van der Waals surface area (Å²) in [4.78, 5) is 2.46. The minimum absolute atomic E-state index is 0.515. The lowest BCUT2D eigenvalue weighted by molar-refractivity contribution is 0.703. The summed E-state index contributed by atoms with van der Waals surface area (Å²) in [5.41, 5.74) is 15.6. The first-order chi connectivity index (χ1) is 28.8. The molecular weight excluding hydrogens is 719 g/mol. The molecule has 2 heteroatoms. The molecular formula is C56H39NS. The smallest absolute Gasteiger partial charge is 0.0707 e. The Labute approximate surface area is 343 Å². The Morgan fingerprint density at radius 2 is 0.931 bits per heavy atom. The van der Waals surface area contributed by atoms with Gasteiger partial charge in [0.1, 0.15) is 0 Å². The summed E-state index contributed by atoms with van der Waals surface area (Å²) < 4.78 is 2.64. The van der Waals surface area contributed by atoms with Crippen LogP contribution in [-0.4, -0.2) is 0 Å². The van der Waals surface area contributed by atoms with Gasteiger partial charge in [-0.2, -0.15) is 0 Å². The van der Waals surface area contributed by atoms with E-state index in [1.807, 2.05) is 11.3 Å². The van der Waals surface area contributed by atoms with Crippen molar-refractivity contribution in [3.63, 3.8) is 0 Å². The van der Waals surface area contributed by atoms with Gasteiger partial charge in [-0.15, -0.1) is 11.3 Å². The Bertz CT molecular complexity index is 3050. The van der Waals surface area contributed by atoms with Gasteiger partial charge in [0.25, 0.3) is 0 Å². The molecule has 9 aromatic carbocycles. The van der Waals surface area contributed by atoms with Crippen molar-refractivity contribution in [1.82, 2.24) is 0 Å². The molecule has 1 heterocycles. The van der Waals surface area contributed by atoms with E-state index in [1.165, 1.54) is 75.8 Å². The van der Waals surface area contributed by atoms with E-state index in [0.717, 1.165) is 23.5 Å². The molecule has 0 fully saturated rings. The third-order valence-electron chi connectivity index (χ3n) is 12.0. The predicted molar refractivity (Wildman–Crippen MR) is 246 cm³/mol. The average Bonchev–Trinajstić information content (AvgIpc) is 3.69. The van der Waals surface area contributed by atoms with Gasteiger partial charge in [0.05, 0.1) is 5.41 Å². The first-order valence-corrected chi connectivity index (χ1v) is 20.9. The van der Waals surface area contributed by atoms with Crippen LogP contribution in [0.2, 0.25) is 0 Å². The molecule has 1 nitrogen and oxygen atoms in total. The average molecular weight is 758 g/mol. The fourth-order valence-electron chi connectivity index (χ4n) is 9.45. The molecule has 0 saturated heterocycles. The lowest BCUT2D eigenvalue weighted by atomic mass is 9.59. The van der Waals surface area contributed by atoms with Crippen molar-refractivity contribution in [2.24, 2.45) is 0 Å². The van der Waals surface area contributed by atoms with Crippen molar-refractivity contribution in [3.8, 4) is 22.3 Å². The van der Waals surface area contributed by atoms with Crippen LogP contribution in [0.4, 0.5) is 17.1 Å². The Hall–Kier alpha value is -7.00. The largest absolute Gasteiger partial charge is 0.310 e. The molecule has 58 heavy (non-hydrogen) atoms. The van der Waals surface area contributed by atoms with Crippen LogP contribution >= 0.6 is 11.3 Å². The van der Waals surface area contributed by atoms with Gasteiger partial charge in [-0.3, -0.25) is 0 Å². The maximum absolute atomic E-state index is 2.49. The van der Waals surface area contributed by atoms with Crippen molar-refractivity contribution in [2.75, 3.05) is 4.90 Å². The number of thiophene rings is 1. The van der Waals surface area contributed by atoms with E-state index in [4.69, 9.17) is 0 Å². The number of rotatable bonds is 7. The number of nitrogens with zero attached hydrogens (tertiary/aromatic N) is 1. The van der Waals surface area contributed by atoms with E-state index in [0.29, 0.717) is 0 Å². The molecule has 1 aliphatic carbocycles. The topological polar surface area (TPSA) is 3.24 Å². The fraction of sp³-hybridized carbons (Fsp3) is 0.0357. The second-order valence-electron chi connectivity index (χ2n) is 15.2. The lowest BCUT2D eigenvalue weighted by Gasteiger charge is -2.43. The summed E-state index contributed by atoms with van der Waals surface area (Å²) >= 11 is 1.88. The first kappa shape index (κ1) is 34.3. The van der Waals surface area contributed by atoms with E-state index in [1.54, 1.807) is 0 Å². The summed E-state index contributed by atoms with van der Waals surface area (Å²) in [6.45, 7) is 0. The van der Waals surface area contributed by atoms with E-state index in [2.05, 4.69) is 229 Å². The van der Waals surface area contributed by atoms with Crippen molar-refractivity contribution in [2.45, 2.75) is 11.8 Å². The van der Waals surface area contributed by atoms with Crippen LogP contribution in [0.25, 0.3) is 42.4 Å². The molecule has 0 bridgehead atoms. The lowest BCUT2D eigenvalue weighted by Crippen LogP contribution is -2.36. The highest BCUT2D eigenvalue weighted by Crippen LogP contribution is 2.52. The summed E-state index contributed by atoms with van der Waals surface area (Å²) in [5.74, 6) is 0. The molecule has 0 spiro atoms. The molecule has 0 N–H and O–H groups in total. The zero-order valence-electron chi connectivity index (χ0n) is 31.9. The summed E-state index contributed by atoms with van der Waals surface area (Å²) in [6.07, 6.45) is 0.880. The fourth-order valence-corrected chi connectivity index (χ4v) is 10.7. The monoisotopic (exact) mass is 757 g/mol. The molecule has 0 radical (unpaired) electrons. The highest BCUT2D eigenvalue weighted by molar-refractivity contribution is 7.26. The van der Waals surface area contributed by atoms with Gasteiger partial charge in [0.15, 0.2) is 0 Å². The van der Waals surface area contributed by atoms with E-state index < -0.39 is 5.41 Å². The molecule has 0 amide bonds. The maximum atomic E-state index is 2.49. The Morgan fingerprint density at radius 1 is 0.379 bits per heavy atom. The number of benzene rings is 9. The van der Waals surface area contributed by atoms with Gasteiger partial charge in [0, 0.05) is 37.2 Å². The second-order valence-corrected chi connectivity index (χ2v) is 16.3. The van der Waals surface area contributed by atoms with Crippen LogP contribution in [0.1, 0.15) is 33.4 Å². The molecule has 0 saturated carbocycles. The summed E-state index contributed by atoms with van der Waals surface area (Å²) in [5, 5.41) is 2.62. The Kier molecular flexibility index (Phi) is 8.38. The quantitative estimate of drug-likeness (QED) is 0.156. The maximum Gasteiger partial charge on any atom is 0.0707 e. The van der Waals surface area contributed by atoms with Crippen LogP contribution in [0, 0.1) is 0 Å². The van der Waals surface area contributed by atoms with E-state index >= 15 is 0 Å². The minimum atomic E-state index is -0.515. The van der Waals surface area contributed by atoms with Crippen molar-refractivity contribution in [1.29, 1.82) is 0 Å². The van der Waals surface area contributed by atoms with Crippen LogP contribution in [-0.2, 0) is 11.8 Å². The molecule has 0 unspecified atom stereocenters. The zero-order chi connectivity index (χ0) is 38.5. The first-order valence-electron chi connectivity index (χ1n) is 20.0. The summed E-state index contributed by atoms with van der Waals surface area (Å²) in [7, 11) is 0. The molecule has 10 aromatic rings. The van der Waals surface area contributed by atoms with Crippen molar-refractivity contribution in [3.05, 3.63) is 258 Å². The molecule has 0 atom stereocenters. The van der Waals surface area contributed by atoms with Gasteiger partial charge in [0.2, 0.25) is 0 Å². The van der Waals surface area contributed by atoms with Gasteiger partial charge in [-0.05, 0) is 105 Å². The van der Waals surface area contributed by atoms with Crippen molar-refractivity contribution >= 4 is 48.6 Å². The molecule has 1 aromatic heterocycles. The molecule has 274 valence electrons. The zero-order valence-corrected chi connectivity index (χ0v) is 32.7. The van der Waals surface area contributed by atoms with E-state index in [9.17, 15) is 0 Å². The molecule has 0 aliphatic heterocycles. The standard InChI is InChI=1S/C56H39NS/c1-4-17-39(18-5-1)40-20-14-26-46(36-40)57(47-27-15-21-41(37-47)49-29-16-30-51-50-28-11-13-32-54(50)58-55(49)51)48-34-33-43-35-42-19-10-12-31-52(42)56(53(43)38-48,44-22-6-2-7-23-44)45-24-8-3-9-25-45/h1-34,36-38H,35H2. The number of anilines is 3. The Balaban J connectivity index is 1.16. The Morgan fingerprint density at radius 3 is 1.69 bits per heavy atom. The van der Waals surface area contributed by atoms with Gasteiger partial charge in [-0.1, -0.05) is 182 Å². The SMILES string of the molecule is c1ccc(-c2cccc(N(c3cccc(-c4cccc5c4sc4ccccc45)c3)c3ccc4c(c3)C(c3ccccc3)(c3ccccc3)c3ccccc3C4)c2)cc1. The van der Waals surface area contributed by atoms with Crippen LogP contribution in [0.3, 0.4) is 0 Å². The second kappa shape index (κ2) is 14.2. The molecule has 1 aliphatic rings. The normalized spacial score (nSPS) is 12.9. The highest BCUT2D eigenvalue weighted by atomic mass is 32.1. The number of hydrogen-bond donors (Lipinski definition) is 0. The van der Waals surface area contributed by atoms with E-state index in [-0.39, 0.29) is 0 Å². The van der Waals surface area contributed by atoms with Crippen LogP contribution < -0.4 is 4.90 Å². The van der Waals surface area contributed by atoms with Crippen LogP contribution in [0.15, 0.2) is 224 Å². The number of fused-ring (bicyclic) bond motifs is 5. The third kappa shape index (κ3) is 5.60.